The lowest BCUT2D eigenvalue weighted by atomic mass is 10.2. The average molecular weight is 374 g/mol. The zero-order valence-electron chi connectivity index (χ0n) is 13.3. The van der Waals surface area contributed by atoms with Crippen molar-refractivity contribution >= 4 is 39.9 Å². The second-order valence-electron chi connectivity index (χ2n) is 5.20. The Bertz CT molecular complexity index is 867. The highest BCUT2D eigenvalue weighted by Gasteiger charge is 2.10. The van der Waals surface area contributed by atoms with Crippen molar-refractivity contribution in [2.75, 3.05) is 10.6 Å². The summed E-state index contributed by atoms with van der Waals surface area (Å²) in [5.74, 6) is 0.215. The summed E-state index contributed by atoms with van der Waals surface area (Å²) in [6.07, 6.45) is 0. The molecule has 1 aromatic heterocycles. The molecule has 0 fully saturated rings. The summed E-state index contributed by atoms with van der Waals surface area (Å²) < 4.78 is 14.3. The largest absolute Gasteiger partial charge is 0.325 e. The molecule has 1 heterocycles. The number of benzene rings is 2. The third-order valence-corrected chi connectivity index (χ3v) is 5.27. The molecule has 2 N–H and O–H groups in total. The normalized spacial score (nSPS) is 10.5. The summed E-state index contributed by atoms with van der Waals surface area (Å²) in [5, 5.41) is 13.7. The first-order valence-electron chi connectivity index (χ1n) is 7.44. The highest BCUT2D eigenvalue weighted by atomic mass is 32.2. The maximum atomic E-state index is 13.6. The Labute approximate surface area is 152 Å². The van der Waals surface area contributed by atoms with Crippen LogP contribution in [0.15, 0.2) is 52.9 Å². The minimum atomic E-state index is -0.384. The number of halogens is 1. The minimum Gasteiger partial charge on any atom is -0.308 e. The first-order chi connectivity index (χ1) is 12.1. The fraction of sp³-hybridized carbons (Fsp3) is 0.118. The molecule has 5 nitrogen and oxygen atoms in total. The van der Waals surface area contributed by atoms with E-state index in [1.54, 1.807) is 18.2 Å². The number of hydrogen-bond acceptors (Lipinski definition) is 5. The van der Waals surface area contributed by atoms with Crippen molar-refractivity contribution in [2.45, 2.75) is 17.0 Å². The standard InChI is InChI=1S/C17H15FN4OS2/c1-11-6-8-13(9-7-11)19-15(23)20-16-21-22-17(25-16)24-10-12-4-2-3-5-14(12)18/h2-9H,10H2,1H3,(H2,19,20,21,23). The van der Waals surface area contributed by atoms with Gasteiger partial charge in [0, 0.05) is 11.4 Å². The summed E-state index contributed by atoms with van der Waals surface area (Å²) >= 11 is 2.62. The molecule has 0 aliphatic heterocycles. The monoisotopic (exact) mass is 374 g/mol. The van der Waals surface area contributed by atoms with Crippen LogP contribution in [0.4, 0.5) is 20.0 Å². The van der Waals surface area contributed by atoms with Crippen LogP contribution in [0.3, 0.4) is 0 Å². The molecular formula is C17H15FN4OS2. The molecule has 3 aromatic rings. The van der Waals surface area contributed by atoms with E-state index in [2.05, 4.69) is 20.8 Å². The Hall–Kier alpha value is -2.45. The van der Waals surface area contributed by atoms with Gasteiger partial charge in [0.1, 0.15) is 5.82 Å². The number of thioether (sulfide) groups is 1. The minimum absolute atomic E-state index is 0.240. The molecule has 128 valence electrons. The molecule has 0 spiro atoms. The molecule has 0 saturated carbocycles. The van der Waals surface area contributed by atoms with E-state index in [9.17, 15) is 9.18 Å². The summed E-state index contributed by atoms with van der Waals surface area (Å²) in [6, 6.07) is 13.7. The topological polar surface area (TPSA) is 66.9 Å². The number of aromatic nitrogens is 2. The molecule has 2 aromatic carbocycles. The SMILES string of the molecule is Cc1ccc(NC(=O)Nc2nnc(SCc3ccccc3F)s2)cc1. The highest BCUT2D eigenvalue weighted by molar-refractivity contribution is 8.00. The predicted octanol–water partition coefficient (Wildman–Crippen LogP) is 4.92. The summed E-state index contributed by atoms with van der Waals surface area (Å²) in [6.45, 7) is 1.98. The molecule has 3 rings (SSSR count). The smallest absolute Gasteiger partial charge is 0.308 e. The molecule has 8 heteroatoms. The van der Waals surface area contributed by atoms with Crippen LogP contribution in [-0.2, 0) is 5.75 Å². The van der Waals surface area contributed by atoms with E-state index >= 15 is 0 Å². The van der Waals surface area contributed by atoms with Gasteiger partial charge in [-0.3, -0.25) is 5.32 Å². The Morgan fingerprint density at radius 3 is 2.64 bits per heavy atom. The fourth-order valence-electron chi connectivity index (χ4n) is 1.97. The second-order valence-corrected chi connectivity index (χ2v) is 7.40. The molecule has 0 saturated heterocycles. The molecule has 0 aliphatic rings. The van der Waals surface area contributed by atoms with Crippen LogP contribution < -0.4 is 10.6 Å². The third-order valence-electron chi connectivity index (χ3n) is 3.25. The Kier molecular flexibility index (Phi) is 5.62. The number of carbonyl (C=O) groups is 1. The summed E-state index contributed by atoms with van der Waals surface area (Å²) in [4.78, 5) is 12.0. The predicted molar refractivity (Wildman–Crippen MR) is 99.7 cm³/mol. The third kappa shape index (κ3) is 5.01. The van der Waals surface area contributed by atoms with Crippen LogP contribution in [-0.4, -0.2) is 16.2 Å². The summed E-state index contributed by atoms with van der Waals surface area (Å²) in [7, 11) is 0. The van der Waals surface area contributed by atoms with E-state index in [4.69, 9.17) is 0 Å². The molecule has 0 bridgehead atoms. The van der Waals surface area contributed by atoms with Gasteiger partial charge in [0.15, 0.2) is 4.34 Å². The lowest BCUT2D eigenvalue weighted by Gasteiger charge is -2.05. The number of nitrogens with zero attached hydrogens (tertiary/aromatic N) is 2. The fourth-order valence-corrected chi connectivity index (χ4v) is 3.70. The Morgan fingerprint density at radius 1 is 1.12 bits per heavy atom. The lowest BCUT2D eigenvalue weighted by Crippen LogP contribution is -2.19. The number of urea groups is 1. The van der Waals surface area contributed by atoms with Gasteiger partial charge in [-0.25, -0.2) is 9.18 Å². The van der Waals surface area contributed by atoms with E-state index < -0.39 is 0 Å². The molecule has 0 atom stereocenters. The number of anilines is 2. The summed E-state index contributed by atoms with van der Waals surface area (Å²) in [5.41, 5.74) is 2.42. The van der Waals surface area contributed by atoms with Gasteiger partial charge in [-0.2, -0.15) is 0 Å². The van der Waals surface area contributed by atoms with Crippen LogP contribution in [0.1, 0.15) is 11.1 Å². The number of nitrogens with one attached hydrogen (secondary N) is 2. The number of aryl methyl sites for hydroxylation is 1. The second kappa shape index (κ2) is 8.09. The van der Waals surface area contributed by atoms with Crippen molar-refractivity contribution in [3.05, 3.63) is 65.5 Å². The number of rotatable bonds is 5. The molecule has 25 heavy (non-hydrogen) atoms. The van der Waals surface area contributed by atoms with Crippen molar-refractivity contribution in [2.24, 2.45) is 0 Å². The van der Waals surface area contributed by atoms with Crippen molar-refractivity contribution < 1.29 is 9.18 Å². The van der Waals surface area contributed by atoms with E-state index in [1.807, 2.05) is 31.2 Å². The van der Waals surface area contributed by atoms with Crippen molar-refractivity contribution in [1.29, 1.82) is 0 Å². The molecule has 0 aliphatic carbocycles. The number of amides is 2. The van der Waals surface area contributed by atoms with Crippen molar-refractivity contribution in [3.63, 3.8) is 0 Å². The van der Waals surface area contributed by atoms with Crippen molar-refractivity contribution in [3.8, 4) is 0 Å². The molecular weight excluding hydrogens is 359 g/mol. The Balaban J connectivity index is 1.53. The number of hydrogen-bond donors (Lipinski definition) is 2. The van der Waals surface area contributed by atoms with Gasteiger partial charge < -0.3 is 5.32 Å². The first-order valence-corrected chi connectivity index (χ1v) is 9.25. The molecule has 0 unspecified atom stereocenters. The number of carbonyl (C=O) groups excluding carboxylic acids is 1. The maximum absolute atomic E-state index is 13.6. The van der Waals surface area contributed by atoms with Crippen LogP contribution in [0, 0.1) is 12.7 Å². The van der Waals surface area contributed by atoms with E-state index in [1.165, 1.54) is 29.2 Å². The van der Waals surface area contributed by atoms with Gasteiger partial charge in [0.2, 0.25) is 5.13 Å². The van der Waals surface area contributed by atoms with Gasteiger partial charge in [-0.1, -0.05) is 59.0 Å². The van der Waals surface area contributed by atoms with E-state index in [0.717, 1.165) is 5.56 Å². The quantitative estimate of drug-likeness (QED) is 0.491. The molecule has 0 radical (unpaired) electrons. The maximum Gasteiger partial charge on any atom is 0.325 e. The van der Waals surface area contributed by atoms with Gasteiger partial charge in [-0.05, 0) is 30.7 Å². The lowest BCUT2D eigenvalue weighted by molar-refractivity contribution is 0.262. The van der Waals surface area contributed by atoms with E-state index in [-0.39, 0.29) is 11.8 Å². The van der Waals surface area contributed by atoms with Gasteiger partial charge in [0.25, 0.3) is 0 Å². The zero-order chi connectivity index (χ0) is 17.6. The first kappa shape index (κ1) is 17.4. The van der Waals surface area contributed by atoms with Gasteiger partial charge in [0.05, 0.1) is 0 Å². The van der Waals surface area contributed by atoms with Crippen LogP contribution >= 0.6 is 23.1 Å². The highest BCUT2D eigenvalue weighted by Crippen LogP contribution is 2.29. The van der Waals surface area contributed by atoms with Gasteiger partial charge in [-0.15, -0.1) is 10.2 Å². The van der Waals surface area contributed by atoms with Crippen LogP contribution in [0.25, 0.3) is 0 Å². The van der Waals surface area contributed by atoms with Crippen molar-refractivity contribution in [1.82, 2.24) is 10.2 Å². The molecule has 2 amide bonds. The van der Waals surface area contributed by atoms with Crippen LogP contribution in [0.2, 0.25) is 0 Å². The van der Waals surface area contributed by atoms with Crippen LogP contribution in [0.5, 0.6) is 0 Å². The average Bonchev–Trinajstić information content (AvgIpc) is 3.03. The Morgan fingerprint density at radius 2 is 1.88 bits per heavy atom. The van der Waals surface area contributed by atoms with E-state index in [0.29, 0.717) is 26.5 Å². The van der Waals surface area contributed by atoms with Gasteiger partial charge >= 0.3 is 6.03 Å². The zero-order valence-corrected chi connectivity index (χ0v) is 15.0.